The Balaban J connectivity index is 1.49. The molecule has 2 aromatic rings. The summed E-state index contributed by atoms with van der Waals surface area (Å²) in [7, 11) is 0. The molecular weight excluding hydrogens is 526 g/mol. The van der Waals surface area contributed by atoms with Gasteiger partial charge in [-0.25, -0.2) is 4.79 Å². The van der Waals surface area contributed by atoms with Crippen molar-refractivity contribution in [2.45, 2.75) is 32.4 Å². The van der Waals surface area contributed by atoms with E-state index in [0.717, 1.165) is 15.0 Å². The molecule has 3 heterocycles. The van der Waals surface area contributed by atoms with Crippen molar-refractivity contribution in [3.05, 3.63) is 39.7 Å². The number of benzene rings is 1. The van der Waals surface area contributed by atoms with Crippen molar-refractivity contribution in [2.75, 3.05) is 42.7 Å². The zero-order valence-corrected chi connectivity index (χ0v) is 21.3. The maximum absolute atomic E-state index is 13.2. The largest absolute Gasteiger partial charge is 0.413 e. The highest BCUT2D eigenvalue weighted by atomic mass is 79.9. The van der Waals surface area contributed by atoms with E-state index in [4.69, 9.17) is 14.2 Å². The molecule has 2 fully saturated rings. The van der Waals surface area contributed by atoms with Crippen LogP contribution < -0.4 is 19.9 Å². The summed E-state index contributed by atoms with van der Waals surface area (Å²) in [5.41, 5.74) is 2.34. The van der Waals surface area contributed by atoms with Crippen LogP contribution in [0.15, 0.2) is 34.1 Å². The number of thiophene rings is 1. The number of ether oxygens (including phenoxy) is 3. The molecule has 2 aliphatic heterocycles. The lowest BCUT2D eigenvalue weighted by atomic mass is 10.1. The van der Waals surface area contributed by atoms with Gasteiger partial charge in [-0.15, -0.1) is 0 Å². The van der Waals surface area contributed by atoms with Crippen LogP contribution in [-0.4, -0.2) is 63.0 Å². The van der Waals surface area contributed by atoms with Crippen molar-refractivity contribution in [3.8, 4) is 5.06 Å². The van der Waals surface area contributed by atoms with Crippen molar-refractivity contribution in [1.82, 2.24) is 5.32 Å². The van der Waals surface area contributed by atoms with Gasteiger partial charge in [-0.2, -0.15) is 0 Å². The van der Waals surface area contributed by atoms with Crippen LogP contribution in [0, 0.1) is 6.92 Å². The first-order valence-electron chi connectivity index (χ1n) is 11.0. The van der Waals surface area contributed by atoms with Gasteiger partial charge in [0.1, 0.15) is 0 Å². The number of rotatable bonds is 6. The quantitative estimate of drug-likeness (QED) is 0.590. The van der Waals surface area contributed by atoms with Crippen LogP contribution in [0.25, 0.3) is 0 Å². The Morgan fingerprint density at radius 2 is 2.06 bits per heavy atom. The fraction of sp³-hybridized carbons (Fsp3) is 0.435. The minimum atomic E-state index is -0.822. The number of hydrogen-bond donors (Lipinski definition) is 1. The summed E-state index contributed by atoms with van der Waals surface area (Å²) in [6, 6.07) is 8.43. The first kappa shape index (κ1) is 24.6. The normalized spacial score (nSPS) is 21.0. The molecule has 0 radical (unpaired) electrons. The monoisotopic (exact) mass is 551 g/mol. The Morgan fingerprint density at radius 3 is 2.76 bits per heavy atom. The maximum Gasteiger partial charge on any atom is 0.413 e. The Bertz CT molecular complexity index is 1080. The van der Waals surface area contributed by atoms with E-state index in [2.05, 4.69) is 21.2 Å². The van der Waals surface area contributed by atoms with Crippen LogP contribution in [0.4, 0.5) is 16.2 Å². The second-order valence-corrected chi connectivity index (χ2v) is 10.3. The van der Waals surface area contributed by atoms with Crippen LogP contribution in [0.1, 0.15) is 18.9 Å². The molecule has 0 spiro atoms. The van der Waals surface area contributed by atoms with Gasteiger partial charge >= 0.3 is 6.09 Å². The molecule has 11 heteroatoms. The first-order chi connectivity index (χ1) is 16.4. The zero-order valence-electron chi connectivity index (χ0n) is 18.9. The highest BCUT2D eigenvalue weighted by Gasteiger charge is 2.43. The van der Waals surface area contributed by atoms with Gasteiger partial charge in [0.05, 0.1) is 29.5 Å². The molecular formula is C23H26BrN3O6S. The third-order valence-corrected chi connectivity index (χ3v) is 7.15. The minimum Gasteiger partial charge on any atom is -0.399 e. The summed E-state index contributed by atoms with van der Waals surface area (Å²) in [5.74, 6) is -0.222. The number of hydrogen-bond acceptors (Lipinski definition) is 7. The van der Waals surface area contributed by atoms with Gasteiger partial charge < -0.3 is 29.3 Å². The predicted molar refractivity (Wildman–Crippen MR) is 132 cm³/mol. The number of nitrogens with zero attached hydrogens (tertiary/aromatic N) is 2. The molecule has 1 N–H and O–H groups in total. The van der Waals surface area contributed by atoms with Crippen molar-refractivity contribution >= 4 is 56.5 Å². The molecule has 0 aliphatic carbocycles. The molecule has 9 nitrogen and oxygen atoms in total. The first-order valence-corrected chi connectivity index (χ1v) is 12.6. The average Bonchev–Trinajstić information content (AvgIpc) is 3.25. The number of nitrogens with one attached hydrogen (secondary N) is 1. The second-order valence-electron chi connectivity index (χ2n) is 7.90. The minimum absolute atomic E-state index is 0.0163. The van der Waals surface area contributed by atoms with Gasteiger partial charge in [-0.3, -0.25) is 9.59 Å². The summed E-state index contributed by atoms with van der Waals surface area (Å²) in [5, 5.41) is 3.21. The van der Waals surface area contributed by atoms with E-state index in [1.165, 1.54) is 11.3 Å². The van der Waals surface area contributed by atoms with Crippen molar-refractivity contribution in [2.24, 2.45) is 0 Å². The molecule has 2 saturated heterocycles. The van der Waals surface area contributed by atoms with E-state index in [0.29, 0.717) is 43.5 Å². The molecule has 1 aromatic carbocycles. The SMILES string of the molecule is CCOC1C(=O)N(c2ccc(N3CCOCCC3=O)c(C)c2)CC1NC(=O)Oc1ccc(Br)s1. The van der Waals surface area contributed by atoms with Gasteiger partial charge in [-0.05, 0) is 65.7 Å². The van der Waals surface area contributed by atoms with E-state index >= 15 is 0 Å². The van der Waals surface area contributed by atoms with Gasteiger partial charge in [0.15, 0.2) is 11.2 Å². The third kappa shape index (κ3) is 5.43. The van der Waals surface area contributed by atoms with E-state index in [9.17, 15) is 14.4 Å². The third-order valence-electron chi connectivity index (χ3n) is 5.65. The average molecular weight is 552 g/mol. The summed E-state index contributed by atoms with van der Waals surface area (Å²) in [6.45, 7) is 5.67. The number of anilines is 2. The number of amides is 3. The van der Waals surface area contributed by atoms with Gasteiger partial charge in [0.25, 0.3) is 5.91 Å². The van der Waals surface area contributed by atoms with Crippen molar-refractivity contribution in [3.63, 3.8) is 0 Å². The Kier molecular flexibility index (Phi) is 7.87. The van der Waals surface area contributed by atoms with Crippen LogP contribution in [-0.2, 0) is 19.1 Å². The van der Waals surface area contributed by atoms with E-state index in [1.54, 1.807) is 28.9 Å². The summed E-state index contributed by atoms with van der Waals surface area (Å²) >= 11 is 4.62. The predicted octanol–water partition coefficient (Wildman–Crippen LogP) is 3.48. The number of carbonyl (C=O) groups is 3. The van der Waals surface area contributed by atoms with Gasteiger partial charge in [-0.1, -0.05) is 11.3 Å². The molecule has 2 atom stereocenters. The zero-order chi connectivity index (χ0) is 24.2. The molecule has 34 heavy (non-hydrogen) atoms. The highest BCUT2D eigenvalue weighted by molar-refractivity contribution is 9.11. The maximum atomic E-state index is 13.2. The molecule has 0 saturated carbocycles. The Labute approximate surface area is 210 Å². The fourth-order valence-corrected chi connectivity index (χ4v) is 5.29. The van der Waals surface area contributed by atoms with Crippen LogP contribution in [0.5, 0.6) is 5.06 Å². The lowest BCUT2D eigenvalue weighted by Gasteiger charge is -2.24. The van der Waals surface area contributed by atoms with E-state index in [1.807, 2.05) is 25.1 Å². The topological polar surface area (TPSA) is 97.4 Å². The number of aryl methyl sites for hydroxylation is 1. The standard InChI is InChI=1S/C23H26BrN3O6S/c1-3-32-21-16(25-23(30)33-20-7-6-18(24)34-20)13-27(22(21)29)15-4-5-17(14(2)12-15)26-9-11-31-10-8-19(26)28/h4-7,12,16,21H,3,8-11,13H2,1-2H3,(H,25,30). The molecule has 3 amide bonds. The van der Waals surface area contributed by atoms with Crippen molar-refractivity contribution < 1.29 is 28.6 Å². The molecule has 2 unspecified atom stereocenters. The fourth-order valence-electron chi connectivity index (χ4n) is 4.10. The van der Waals surface area contributed by atoms with Gasteiger partial charge in [0, 0.05) is 31.1 Å². The lowest BCUT2D eigenvalue weighted by Crippen LogP contribution is -2.45. The summed E-state index contributed by atoms with van der Waals surface area (Å²) in [6.07, 6.45) is -1.13. The van der Waals surface area contributed by atoms with E-state index in [-0.39, 0.29) is 18.4 Å². The molecule has 1 aromatic heterocycles. The second kappa shape index (κ2) is 10.9. The highest BCUT2D eigenvalue weighted by Crippen LogP contribution is 2.31. The smallest absolute Gasteiger partial charge is 0.399 e. The van der Waals surface area contributed by atoms with Crippen molar-refractivity contribution in [1.29, 1.82) is 0 Å². The number of halogens is 1. The Hall–Kier alpha value is -2.47. The lowest BCUT2D eigenvalue weighted by molar-refractivity contribution is -0.127. The Morgan fingerprint density at radius 1 is 1.24 bits per heavy atom. The van der Waals surface area contributed by atoms with Gasteiger partial charge in [0.2, 0.25) is 5.91 Å². The summed E-state index contributed by atoms with van der Waals surface area (Å²) in [4.78, 5) is 41.4. The van der Waals surface area contributed by atoms with E-state index < -0.39 is 18.2 Å². The molecule has 4 rings (SSSR count). The number of carbonyl (C=O) groups excluding carboxylic acids is 3. The summed E-state index contributed by atoms with van der Waals surface area (Å²) < 4.78 is 17.3. The van der Waals surface area contributed by atoms with Crippen LogP contribution >= 0.6 is 27.3 Å². The molecule has 2 aliphatic rings. The van der Waals surface area contributed by atoms with Crippen LogP contribution in [0.2, 0.25) is 0 Å². The molecule has 182 valence electrons. The molecule has 0 bridgehead atoms. The van der Waals surface area contributed by atoms with Crippen LogP contribution in [0.3, 0.4) is 0 Å².